The second-order valence-corrected chi connectivity index (χ2v) is 7.99. The minimum absolute atomic E-state index is 0. The van der Waals surface area contributed by atoms with E-state index in [9.17, 15) is 0 Å². The van der Waals surface area contributed by atoms with Gasteiger partial charge in [-0.15, -0.1) is 36.2 Å². The van der Waals surface area contributed by atoms with Crippen LogP contribution in [0.4, 0.5) is 0 Å². The molecule has 1 saturated carbocycles. The summed E-state index contributed by atoms with van der Waals surface area (Å²) in [4.78, 5) is 4.25. The molecule has 116 valence electrons. The molecule has 1 atom stereocenters. The van der Waals surface area contributed by atoms with Gasteiger partial charge in [0, 0.05) is 37.1 Å². The molecule has 1 aliphatic carbocycles. The van der Waals surface area contributed by atoms with E-state index in [4.69, 9.17) is 0 Å². The molecule has 0 spiro atoms. The number of aryl methyl sites for hydroxylation is 1. The summed E-state index contributed by atoms with van der Waals surface area (Å²) in [5.74, 6) is 0.992. The highest BCUT2D eigenvalue weighted by Gasteiger charge is 2.31. The first kappa shape index (κ1) is 18.7. The Labute approximate surface area is 146 Å². The molecule has 0 amide bonds. The van der Waals surface area contributed by atoms with Crippen LogP contribution in [0.5, 0.6) is 0 Å². The number of nitrogens with zero attached hydrogens (tertiary/aromatic N) is 1. The van der Waals surface area contributed by atoms with Crippen molar-refractivity contribution in [3.63, 3.8) is 0 Å². The van der Waals surface area contributed by atoms with Crippen LogP contribution in [0.25, 0.3) is 0 Å². The van der Waals surface area contributed by atoms with Gasteiger partial charge in [-0.05, 0) is 46.8 Å². The molecule has 0 unspecified atom stereocenters. The van der Waals surface area contributed by atoms with Crippen LogP contribution in [-0.4, -0.2) is 31.1 Å². The summed E-state index contributed by atoms with van der Waals surface area (Å²) in [7, 11) is 0. The van der Waals surface area contributed by atoms with E-state index < -0.39 is 0 Å². The number of piperazine rings is 1. The predicted octanol–water partition coefficient (Wildman–Crippen LogP) is 4.41. The Balaban J connectivity index is 0.000001000. The van der Waals surface area contributed by atoms with Crippen LogP contribution in [0, 0.1) is 12.8 Å². The molecule has 0 aromatic carbocycles. The average molecular weight is 402 g/mol. The van der Waals surface area contributed by atoms with Gasteiger partial charge in [0.1, 0.15) is 0 Å². The van der Waals surface area contributed by atoms with E-state index in [0.29, 0.717) is 6.04 Å². The highest BCUT2D eigenvalue weighted by atomic mass is 79.9. The van der Waals surface area contributed by atoms with Gasteiger partial charge in [0.2, 0.25) is 0 Å². The largest absolute Gasteiger partial charge is 0.314 e. The molecule has 2 heterocycles. The molecule has 3 rings (SSSR count). The fraction of sp³-hybridized carbons (Fsp3) is 0.714. The van der Waals surface area contributed by atoms with Gasteiger partial charge in [-0.25, -0.2) is 0 Å². The maximum absolute atomic E-state index is 3.68. The normalized spacial score (nSPS) is 20.9. The minimum atomic E-state index is 0. The Hall–Kier alpha value is 0.680. The lowest BCUT2D eigenvalue weighted by Gasteiger charge is -2.34. The van der Waals surface area contributed by atoms with Gasteiger partial charge in [0.25, 0.3) is 0 Å². The SMILES string of the molecule is Cc1cc([C@@H](CC2CC2)N2CCNCC2)sc1Br.Cl.Cl. The highest BCUT2D eigenvalue weighted by molar-refractivity contribution is 9.11. The Morgan fingerprint density at radius 1 is 1.35 bits per heavy atom. The van der Waals surface area contributed by atoms with Crippen LogP contribution in [0.15, 0.2) is 9.85 Å². The quantitative estimate of drug-likeness (QED) is 0.803. The van der Waals surface area contributed by atoms with E-state index in [1.54, 1.807) is 4.88 Å². The van der Waals surface area contributed by atoms with Gasteiger partial charge in [0.05, 0.1) is 3.79 Å². The summed E-state index contributed by atoms with van der Waals surface area (Å²) >= 11 is 5.62. The molecule has 2 nitrogen and oxygen atoms in total. The fourth-order valence-electron chi connectivity index (χ4n) is 2.76. The average Bonchev–Trinajstić information content (AvgIpc) is 3.14. The highest BCUT2D eigenvalue weighted by Crippen LogP contribution is 2.43. The van der Waals surface area contributed by atoms with Gasteiger partial charge in [-0.2, -0.15) is 0 Å². The predicted molar refractivity (Wildman–Crippen MR) is 95.8 cm³/mol. The lowest BCUT2D eigenvalue weighted by atomic mass is 10.1. The molecule has 1 aromatic heterocycles. The van der Waals surface area contributed by atoms with Crippen LogP contribution >= 0.6 is 52.1 Å². The Morgan fingerprint density at radius 3 is 2.50 bits per heavy atom. The fourth-order valence-corrected chi connectivity index (χ4v) is 4.48. The van der Waals surface area contributed by atoms with E-state index in [-0.39, 0.29) is 24.8 Å². The number of hydrogen-bond acceptors (Lipinski definition) is 3. The van der Waals surface area contributed by atoms with Crippen molar-refractivity contribution >= 4 is 52.1 Å². The molecule has 1 aromatic rings. The summed E-state index contributed by atoms with van der Waals surface area (Å²) in [5, 5.41) is 3.46. The Bertz CT molecular complexity index is 398. The topological polar surface area (TPSA) is 15.3 Å². The Morgan fingerprint density at radius 2 is 2.00 bits per heavy atom. The molecule has 2 fully saturated rings. The second-order valence-electron chi connectivity index (χ2n) is 5.59. The second kappa shape index (κ2) is 8.35. The van der Waals surface area contributed by atoms with Gasteiger partial charge in [-0.3, -0.25) is 4.90 Å². The number of nitrogens with one attached hydrogen (secondary N) is 1. The maximum Gasteiger partial charge on any atom is 0.0731 e. The lowest BCUT2D eigenvalue weighted by Crippen LogP contribution is -2.45. The van der Waals surface area contributed by atoms with E-state index >= 15 is 0 Å². The Kier molecular flexibility index (Phi) is 7.82. The van der Waals surface area contributed by atoms with Crippen molar-refractivity contribution in [3.05, 3.63) is 20.3 Å². The monoisotopic (exact) mass is 400 g/mol. The van der Waals surface area contributed by atoms with E-state index in [1.165, 1.54) is 41.7 Å². The molecule has 2 aliphatic rings. The van der Waals surface area contributed by atoms with Crippen molar-refractivity contribution in [2.75, 3.05) is 26.2 Å². The standard InChI is InChI=1S/C14H21BrN2S.2ClH/c1-10-8-13(18-14(10)15)12(9-11-2-3-11)17-6-4-16-5-7-17;;/h8,11-12,16H,2-7,9H2,1H3;2*1H/t12-;;/m1../s1. The number of thiophene rings is 1. The van der Waals surface area contributed by atoms with Crippen LogP contribution in [0.2, 0.25) is 0 Å². The maximum atomic E-state index is 3.68. The van der Waals surface area contributed by atoms with E-state index in [0.717, 1.165) is 19.0 Å². The van der Waals surface area contributed by atoms with Crippen molar-refractivity contribution in [3.8, 4) is 0 Å². The van der Waals surface area contributed by atoms with Crippen LogP contribution in [0.1, 0.15) is 35.7 Å². The molecule has 1 aliphatic heterocycles. The van der Waals surface area contributed by atoms with Crippen LogP contribution < -0.4 is 5.32 Å². The van der Waals surface area contributed by atoms with Gasteiger partial charge in [0.15, 0.2) is 0 Å². The zero-order valence-corrected chi connectivity index (χ0v) is 15.8. The first-order valence-electron chi connectivity index (χ1n) is 6.94. The zero-order chi connectivity index (χ0) is 12.5. The number of rotatable bonds is 4. The molecular weight excluding hydrogens is 379 g/mol. The van der Waals surface area contributed by atoms with Gasteiger partial charge in [-0.1, -0.05) is 12.8 Å². The molecule has 0 radical (unpaired) electrons. The molecular formula is C14H23BrCl2N2S. The third-order valence-corrected chi connectivity index (χ3v) is 6.29. The van der Waals surface area contributed by atoms with Crippen molar-refractivity contribution in [2.45, 2.75) is 32.2 Å². The van der Waals surface area contributed by atoms with Crippen molar-refractivity contribution in [1.82, 2.24) is 10.2 Å². The summed E-state index contributed by atoms with van der Waals surface area (Å²) in [6.07, 6.45) is 4.27. The first-order valence-corrected chi connectivity index (χ1v) is 8.55. The van der Waals surface area contributed by atoms with Gasteiger partial charge >= 0.3 is 0 Å². The molecule has 6 heteroatoms. The van der Waals surface area contributed by atoms with Crippen molar-refractivity contribution in [1.29, 1.82) is 0 Å². The van der Waals surface area contributed by atoms with Crippen LogP contribution in [-0.2, 0) is 0 Å². The van der Waals surface area contributed by atoms with Crippen molar-refractivity contribution < 1.29 is 0 Å². The lowest BCUT2D eigenvalue weighted by molar-refractivity contribution is 0.163. The van der Waals surface area contributed by atoms with Crippen molar-refractivity contribution in [2.24, 2.45) is 5.92 Å². The van der Waals surface area contributed by atoms with E-state index in [2.05, 4.69) is 39.1 Å². The minimum Gasteiger partial charge on any atom is -0.314 e. The smallest absolute Gasteiger partial charge is 0.0731 e. The molecule has 1 saturated heterocycles. The summed E-state index contributed by atoms with van der Waals surface area (Å²) in [6.45, 7) is 6.90. The molecule has 0 bridgehead atoms. The third kappa shape index (κ3) is 4.59. The molecule has 20 heavy (non-hydrogen) atoms. The third-order valence-electron chi connectivity index (χ3n) is 4.05. The number of hydrogen-bond donors (Lipinski definition) is 1. The summed E-state index contributed by atoms with van der Waals surface area (Å²) < 4.78 is 1.31. The van der Waals surface area contributed by atoms with Gasteiger partial charge < -0.3 is 5.32 Å². The zero-order valence-electron chi connectivity index (χ0n) is 11.7. The first-order chi connectivity index (χ1) is 8.74. The van der Waals surface area contributed by atoms with Crippen LogP contribution in [0.3, 0.4) is 0 Å². The molecule has 1 N–H and O–H groups in total. The summed E-state index contributed by atoms with van der Waals surface area (Å²) in [5.41, 5.74) is 1.39. The number of halogens is 3. The van der Waals surface area contributed by atoms with E-state index in [1.807, 2.05) is 11.3 Å². The summed E-state index contributed by atoms with van der Waals surface area (Å²) in [6, 6.07) is 3.05.